The van der Waals surface area contributed by atoms with Crippen LogP contribution in [-0.4, -0.2) is 62.6 Å². The first-order chi connectivity index (χ1) is 21.3. The van der Waals surface area contributed by atoms with Gasteiger partial charge in [-0.2, -0.15) is 0 Å². The number of aromatic nitrogens is 3. The summed E-state index contributed by atoms with van der Waals surface area (Å²) in [7, 11) is 0. The number of fused-ring (bicyclic) bond motifs is 1. The van der Waals surface area contributed by atoms with Crippen molar-refractivity contribution in [2.24, 2.45) is 5.92 Å². The van der Waals surface area contributed by atoms with E-state index in [9.17, 15) is 18.4 Å². The number of pyridine rings is 2. The van der Waals surface area contributed by atoms with Gasteiger partial charge in [0, 0.05) is 42.0 Å². The fraction of sp³-hybridized carbons (Fsp3) is 0.457. The Bertz CT molecular complexity index is 1830. The summed E-state index contributed by atoms with van der Waals surface area (Å²) in [5, 5.41) is 1.000. The molecule has 1 amide bonds. The molecule has 3 aromatic heterocycles. The van der Waals surface area contributed by atoms with Gasteiger partial charge in [0.1, 0.15) is 23.3 Å². The van der Waals surface area contributed by atoms with Crippen LogP contribution in [0.5, 0.6) is 0 Å². The van der Waals surface area contributed by atoms with E-state index in [1.807, 2.05) is 18.3 Å². The molecule has 2 saturated heterocycles. The Hall–Kier alpha value is -3.85. The minimum atomic E-state index is -1.05. The normalized spacial score (nSPS) is 21.2. The lowest BCUT2D eigenvalue weighted by Crippen LogP contribution is -2.51. The fourth-order valence-electron chi connectivity index (χ4n) is 7.05. The summed E-state index contributed by atoms with van der Waals surface area (Å²) in [6.45, 7) is 5.25. The minimum absolute atomic E-state index is 0.0119. The average molecular weight is 598 g/mol. The molecule has 0 spiro atoms. The van der Waals surface area contributed by atoms with E-state index in [4.69, 9.17) is 4.98 Å². The van der Waals surface area contributed by atoms with Gasteiger partial charge >= 0.3 is 0 Å². The maximum Gasteiger partial charge on any atom is 0.280 e. The van der Waals surface area contributed by atoms with Gasteiger partial charge in [-0.15, -0.1) is 0 Å². The molecule has 44 heavy (non-hydrogen) atoms. The zero-order valence-electron chi connectivity index (χ0n) is 25.0. The molecule has 4 aromatic rings. The number of nitrogens with one attached hydrogen (secondary N) is 1. The molecule has 5 heterocycles. The Morgan fingerprint density at radius 3 is 2.55 bits per heavy atom. The number of piperidine rings is 1. The van der Waals surface area contributed by atoms with Gasteiger partial charge in [0.05, 0.1) is 18.7 Å². The van der Waals surface area contributed by atoms with Crippen LogP contribution >= 0.6 is 0 Å². The van der Waals surface area contributed by atoms with Crippen LogP contribution in [0.15, 0.2) is 47.4 Å². The highest BCUT2D eigenvalue weighted by Gasteiger charge is 2.34. The number of H-pyrrole nitrogens is 1. The quantitative estimate of drug-likeness (QED) is 0.271. The zero-order valence-corrected chi connectivity index (χ0v) is 25.0. The molecule has 2 saturated carbocycles. The van der Waals surface area contributed by atoms with Crippen LogP contribution in [0.3, 0.4) is 0 Å². The van der Waals surface area contributed by atoms with E-state index in [1.54, 1.807) is 10.6 Å². The van der Waals surface area contributed by atoms with Crippen LogP contribution in [0.1, 0.15) is 84.6 Å². The summed E-state index contributed by atoms with van der Waals surface area (Å²) in [6.07, 6.45) is 7.57. The van der Waals surface area contributed by atoms with Crippen molar-refractivity contribution in [2.45, 2.75) is 70.0 Å². The fourth-order valence-corrected chi connectivity index (χ4v) is 7.05. The van der Waals surface area contributed by atoms with E-state index in [2.05, 4.69) is 22.9 Å². The van der Waals surface area contributed by atoms with Crippen LogP contribution in [0, 0.1) is 11.7 Å². The van der Waals surface area contributed by atoms with Crippen LogP contribution in [0.25, 0.3) is 27.8 Å². The topological polar surface area (TPSA) is 74.2 Å². The monoisotopic (exact) mass is 597 g/mol. The SMILES string of the molecule is C[C@H]1CCCN(Cc2cc3c(C4CC4)cn(-c4cc(-c5ccc(F)cc5C(=O)N5CC(F)C5)cc(C5CC5)n4)c(=O)c3[nH]2)C1. The van der Waals surface area contributed by atoms with Gasteiger partial charge in [-0.3, -0.25) is 19.1 Å². The zero-order chi connectivity index (χ0) is 30.1. The molecule has 2 aliphatic heterocycles. The van der Waals surface area contributed by atoms with Gasteiger partial charge in [-0.05, 0) is 104 Å². The number of likely N-dealkylation sites (tertiary alicyclic amines) is 2. The van der Waals surface area contributed by atoms with E-state index in [0.29, 0.717) is 34.3 Å². The summed E-state index contributed by atoms with van der Waals surface area (Å²) in [5.41, 5.74) is 4.97. The number of aromatic amines is 1. The predicted octanol–water partition coefficient (Wildman–Crippen LogP) is 6.30. The predicted molar refractivity (Wildman–Crippen MR) is 166 cm³/mol. The van der Waals surface area contributed by atoms with Gasteiger partial charge in [0.2, 0.25) is 0 Å². The number of rotatable bonds is 7. The van der Waals surface area contributed by atoms with Crippen LogP contribution in [-0.2, 0) is 6.54 Å². The maximum absolute atomic E-state index is 14.4. The third kappa shape index (κ3) is 5.15. The third-order valence-corrected chi connectivity index (χ3v) is 9.76. The molecule has 1 aromatic carbocycles. The van der Waals surface area contributed by atoms with Crippen molar-refractivity contribution in [3.05, 3.63) is 81.3 Å². The van der Waals surface area contributed by atoms with E-state index >= 15 is 0 Å². The molecular formula is C35H37F2N5O2. The highest BCUT2D eigenvalue weighted by molar-refractivity contribution is 6.01. The van der Waals surface area contributed by atoms with E-state index < -0.39 is 17.9 Å². The Morgan fingerprint density at radius 2 is 1.82 bits per heavy atom. The molecule has 0 bridgehead atoms. The smallest absolute Gasteiger partial charge is 0.280 e. The highest BCUT2D eigenvalue weighted by Crippen LogP contribution is 2.44. The van der Waals surface area contributed by atoms with Gasteiger partial charge in [0.15, 0.2) is 0 Å². The molecule has 4 aliphatic rings. The molecule has 7 nitrogen and oxygen atoms in total. The number of alkyl halides is 1. The Balaban J connectivity index is 1.23. The maximum atomic E-state index is 14.4. The molecule has 9 heteroatoms. The average Bonchev–Trinajstić information content (AvgIpc) is 3.93. The Labute approximate surface area is 254 Å². The van der Waals surface area contributed by atoms with Crippen molar-refractivity contribution in [3.8, 4) is 16.9 Å². The summed E-state index contributed by atoms with van der Waals surface area (Å²) in [6, 6.07) is 10.1. The Morgan fingerprint density at radius 1 is 1.02 bits per heavy atom. The van der Waals surface area contributed by atoms with Crippen molar-refractivity contribution in [3.63, 3.8) is 0 Å². The number of benzene rings is 1. The largest absolute Gasteiger partial charge is 0.353 e. The first-order valence-electron chi connectivity index (χ1n) is 16.1. The van der Waals surface area contributed by atoms with Crippen LogP contribution in [0.4, 0.5) is 8.78 Å². The lowest BCUT2D eigenvalue weighted by atomic mass is 9.96. The first kappa shape index (κ1) is 27.7. The number of carbonyl (C=O) groups excluding carboxylic acids is 1. The molecule has 8 rings (SSSR count). The van der Waals surface area contributed by atoms with Crippen molar-refractivity contribution in [1.82, 2.24) is 24.3 Å². The number of carbonyl (C=O) groups is 1. The van der Waals surface area contributed by atoms with E-state index in [0.717, 1.165) is 67.7 Å². The molecule has 4 fully saturated rings. The molecule has 0 radical (unpaired) electrons. The van der Waals surface area contributed by atoms with Crippen LogP contribution in [0.2, 0.25) is 0 Å². The standard InChI is InChI=1S/C35H37F2N5O2/c1-20-3-2-10-40(15-20)18-26-14-28-30(21-4-5-21)19-42(35(44)33(28)38-26)32-12-23(11-31(39-32)22-6-7-22)27-9-8-24(36)13-29(27)34(43)41-16-25(37)17-41/h8-9,11-14,19-22,25,38H,2-7,10,15-18H2,1H3/t20-/m0/s1. The number of halogens is 2. The van der Waals surface area contributed by atoms with Gasteiger partial charge < -0.3 is 9.88 Å². The van der Waals surface area contributed by atoms with Gasteiger partial charge in [0.25, 0.3) is 11.5 Å². The summed E-state index contributed by atoms with van der Waals surface area (Å²) < 4.78 is 29.7. The second-order valence-corrected chi connectivity index (χ2v) is 13.5. The second-order valence-electron chi connectivity index (χ2n) is 13.5. The minimum Gasteiger partial charge on any atom is -0.353 e. The summed E-state index contributed by atoms with van der Waals surface area (Å²) >= 11 is 0. The number of hydrogen-bond acceptors (Lipinski definition) is 4. The number of amides is 1. The lowest BCUT2D eigenvalue weighted by molar-refractivity contribution is 0.0400. The lowest BCUT2D eigenvalue weighted by Gasteiger charge is -2.34. The van der Waals surface area contributed by atoms with E-state index in [1.165, 1.54) is 29.9 Å². The molecule has 1 atom stereocenters. The van der Waals surface area contributed by atoms with Crippen molar-refractivity contribution in [1.29, 1.82) is 0 Å². The number of hydrogen-bond donors (Lipinski definition) is 1. The molecule has 2 aliphatic carbocycles. The van der Waals surface area contributed by atoms with Gasteiger partial charge in [-0.1, -0.05) is 13.0 Å². The third-order valence-electron chi connectivity index (χ3n) is 9.76. The van der Waals surface area contributed by atoms with Crippen molar-refractivity contribution >= 4 is 16.8 Å². The second kappa shape index (κ2) is 10.6. The van der Waals surface area contributed by atoms with Crippen molar-refractivity contribution < 1.29 is 13.6 Å². The van der Waals surface area contributed by atoms with Gasteiger partial charge in [-0.25, -0.2) is 13.8 Å². The molecule has 1 N–H and O–H groups in total. The van der Waals surface area contributed by atoms with E-state index in [-0.39, 0.29) is 30.1 Å². The highest BCUT2D eigenvalue weighted by atomic mass is 19.1. The summed E-state index contributed by atoms with van der Waals surface area (Å²) in [5.74, 6) is 0.943. The number of nitrogens with zero attached hydrogens (tertiary/aromatic N) is 4. The molecule has 228 valence electrons. The molecular weight excluding hydrogens is 560 g/mol. The van der Waals surface area contributed by atoms with Crippen molar-refractivity contribution in [2.75, 3.05) is 26.2 Å². The molecule has 0 unspecified atom stereocenters. The first-order valence-corrected chi connectivity index (χ1v) is 16.1. The van der Waals surface area contributed by atoms with Crippen LogP contribution < -0.4 is 5.56 Å². The summed E-state index contributed by atoms with van der Waals surface area (Å²) in [4.78, 5) is 39.8. The Kier molecular flexibility index (Phi) is 6.70.